The zero-order valence-electron chi connectivity index (χ0n) is 14.3. The average molecular weight is 328 g/mol. The van der Waals surface area contributed by atoms with Gasteiger partial charge in [0.1, 0.15) is 5.75 Å². The predicted octanol–water partition coefficient (Wildman–Crippen LogP) is 2.60. The molecule has 128 valence electrons. The maximum absolute atomic E-state index is 12.1. The van der Waals surface area contributed by atoms with E-state index in [0.29, 0.717) is 30.7 Å². The molecule has 0 bridgehead atoms. The third-order valence-electron chi connectivity index (χ3n) is 3.48. The molecule has 24 heavy (non-hydrogen) atoms. The van der Waals surface area contributed by atoms with Crippen LogP contribution in [0.5, 0.6) is 5.75 Å². The maximum Gasteiger partial charge on any atom is 0.260 e. The number of aromatic nitrogens is 2. The lowest BCUT2D eigenvalue weighted by Crippen LogP contribution is -2.38. The van der Waals surface area contributed by atoms with Crippen LogP contribution in [0.1, 0.15) is 32.3 Å². The SMILES string of the molecule is CC(C)c1cccc(O[C@@H](C)C(=O)NCCNc2ncccn2)c1. The molecule has 2 aromatic rings. The summed E-state index contributed by atoms with van der Waals surface area (Å²) < 4.78 is 5.73. The first-order chi connectivity index (χ1) is 11.6. The first-order valence-corrected chi connectivity index (χ1v) is 8.11. The fraction of sp³-hybridized carbons (Fsp3) is 0.389. The highest BCUT2D eigenvalue weighted by molar-refractivity contribution is 5.80. The molecule has 2 rings (SSSR count). The quantitative estimate of drug-likeness (QED) is 0.729. The molecule has 0 aliphatic heterocycles. The van der Waals surface area contributed by atoms with E-state index in [9.17, 15) is 4.79 Å². The molecule has 1 amide bonds. The fourth-order valence-corrected chi connectivity index (χ4v) is 2.10. The van der Waals surface area contributed by atoms with Crippen molar-refractivity contribution in [1.29, 1.82) is 0 Å². The Morgan fingerprint density at radius 3 is 2.58 bits per heavy atom. The maximum atomic E-state index is 12.1. The Morgan fingerprint density at radius 2 is 1.88 bits per heavy atom. The zero-order chi connectivity index (χ0) is 17.4. The van der Waals surface area contributed by atoms with Crippen molar-refractivity contribution in [3.8, 4) is 5.75 Å². The highest BCUT2D eigenvalue weighted by Gasteiger charge is 2.14. The molecule has 0 radical (unpaired) electrons. The molecule has 0 saturated heterocycles. The minimum absolute atomic E-state index is 0.152. The summed E-state index contributed by atoms with van der Waals surface area (Å²) in [6.45, 7) is 7.00. The van der Waals surface area contributed by atoms with Gasteiger partial charge >= 0.3 is 0 Å². The molecule has 1 heterocycles. The fourth-order valence-electron chi connectivity index (χ4n) is 2.10. The van der Waals surface area contributed by atoms with Crippen LogP contribution in [0.15, 0.2) is 42.7 Å². The summed E-state index contributed by atoms with van der Waals surface area (Å²) in [5, 5.41) is 5.86. The molecule has 0 unspecified atom stereocenters. The lowest BCUT2D eigenvalue weighted by molar-refractivity contribution is -0.127. The predicted molar refractivity (Wildman–Crippen MR) is 94.2 cm³/mol. The average Bonchev–Trinajstić information content (AvgIpc) is 2.59. The van der Waals surface area contributed by atoms with E-state index in [-0.39, 0.29) is 5.91 Å². The number of benzene rings is 1. The number of nitrogens with zero attached hydrogens (tertiary/aromatic N) is 2. The van der Waals surface area contributed by atoms with Crippen LogP contribution in [-0.4, -0.2) is 35.1 Å². The first-order valence-electron chi connectivity index (χ1n) is 8.11. The molecule has 0 spiro atoms. The summed E-state index contributed by atoms with van der Waals surface area (Å²) in [5.74, 6) is 1.52. The number of hydrogen-bond acceptors (Lipinski definition) is 5. The third kappa shape index (κ3) is 5.53. The van der Waals surface area contributed by atoms with Crippen molar-refractivity contribution in [3.63, 3.8) is 0 Å². The van der Waals surface area contributed by atoms with Crippen molar-refractivity contribution in [2.45, 2.75) is 32.8 Å². The normalized spacial score (nSPS) is 11.8. The number of anilines is 1. The van der Waals surface area contributed by atoms with Gasteiger partial charge in [0.15, 0.2) is 6.10 Å². The number of hydrogen-bond donors (Lipinski definition) is 2. The van der Waals surface area contributed by atoms with Crippen LogP contribution in [0.2, 0.25) is 0 Å². The summed E-state index contributed by atoms with van der Waals surface area (Å²) in [6.07, 6.45) is 2.77. The second-order valence-electron chi connectivity index (χ2n) is 5.78. The number of rotatable bonds is 8. The van der Waals surface area contributed by atoms with Crippen LogP contribution in [0.25, 0.3) is 0 Å². The van der Waals surface area contributed by atoms with Crippen LogP contribution in [0.3, 0.4) is 0 Å². The summed E-state index contributed by atoms with van der Waals surface area (Å²) in [6, 6.07) is 9.59. The Hall–Kier alpha value is -2.63. The Morgan fingerprint density at radius 1 is 1.12 bits per heavy atom. The molecular formula is C18H24N4O2. The molecule has 1 atom stereocenters. The highest BCUT2D eigenvalue weighted by atomic mass is 16.5. The van der Waals surface area contributed by atoms with E-state index in [0.717, 1.165) is 0 Å². The second-order valence-corrected chi connectivity index (χ2v) is 5.78. The molecule has 0 aliphatic carbocycles. The number of amides is 1. The van der Waals surface area contributed by atoms with Crippen molar-refractivity contribution in [3.05, 3.63) is 48.3 Å². The molecule has 1 aromatic heterocycles. The van der Waals surface area contributed by atoms with Gasteiger partial charge in [-0.05, 0) is 36.6 Å². The van der Waals surface area contributed by atoms with Gasteiger partial charge in [-0.15, -0.1) is 0 Å². The lowest BCUT2D eigenvalue weighted by Gasteiger charge is -2.16. The minimum atomic E-state index is -0.555. The number of carbonyl (C=O) groups excluding carboxylic acids is 1. The smallest absolute Gasteiger partial charge is 0.260 e. The van der Waals surface area contributed by atoms with Crippen molar-refractivity contribution >= 4 is 11.9 Å². The summed E-state index contributed by atoms with van der Waals surface area (Å²) >= 11 is 0. The highest BCUT2D eigenvalue weighted by Crippen LogP contribution is 2.20. The van der Waals surface area contributed by atoms with Crippen LogP contribution >= 0.6 is 0 Å². The number of carbonyl (C=O) groups is 1. The summed E-state index contributed by atoms with van der Waals surface area (Å²) in [7, 11) is 0. The molecule has 6 heteroatoms. The number of ether oxygens (including phenoxy) is 1. The van der Waals surface area contributed by atoms with Crippen LogP contribution in [0.4, 0.5) is 5.95 Å². The van der Waals surface area contributed by atoms with E-state index in [4.69, 9.17) is 4.74 Å². The van der Waals surface area contributed by atoms with Gasteiger partial charge in [-0.2, -0.15) is 0 Å². The Bertz CT molecular complexity index is 646. The van der Waals surface area contributed by atoms with Crippen LogP contribution in [0, 0.1) is 0 Å². The van der Waals surface area contributed by atoms with E-state index < -0.39 is 6.10 Å². The topological polar surface area (TPSA) is 76.1 Å². The minimum Gasteiger partial charge on any atom is -0.481 e. The van der Waals surface area contributed by atoms with Crippen molar-refractivity contribution < 1.29 is 9.53 Å². The van der Waals surface area contributed by atoms with E-state index in [1.54, 1.807) is 25.4 Å². The summed E-state index contributed by atoms with van der Waals surface area (Å²) in [5.41, 5.74) is 1.19. The standard InChI is InChI=1S/C18H24N4O2/c1-13(2)15-6-4-7-16(12-15)24-14(3)17(23)19-10-11-22-18-20-8-5-9-21-18/h4-9,12-14H,10-11H2,1-3H3,(H,19,23)(H,20,21,22)/t14-/m0/s1. The number of nitrogens with one attached hydrogen (secondary N) is 2. The van der Waals surface area contributed by atoms with Gasteiger partial charge in [0, 0.05) is 25.5 Å². The van der Waals surface area contributed by atoms with Crippen molar-refractivity contribution in [2.24, 2.45) is 0 Å². The molecule has 6 nitrogen and oxygen atoms in total. The van der Waals surface area contributed by atoms with Crippen molar-refractivity contribution in [2.75, 3.05) is 18.4 Å². The molecular weight excluding hydrogens is 304 g/mol. The monoisotopic (exact) mass is 328 g/mol. The zero-order valence-corrected chi connectivity index (χ0v) is 14.3. The van der Waals surface area contributed by atoms with Crippen LogP contribution in [-0.2, 0) is 4.79 Å². The van der Waals surface area contributed by atoms with Gasteiger partial charge in [-0.3, -0.25) is 4.79 Å². The second kappa shape index (κ2) is 8.86. The summed E-state index contributed by atoms with van der Waals surface area (Å²) in [4.78, 5) is 20.2. The Kier molecular flexibility index (Phi) is 6.54. The van der Waals surface area contributed by atoms with Gasteiger partial charge < -0.3 is 15.4 Å². The Labute approximate surface area is 142 Å². The molecule has 0 aliphatic rings. The van der Waals surface area contributed by atoms with Gasteiger partial charge in [0.25, 0.3) is 5.91 Å². The van der Waals surface area contributed by atoms with Gasteiger partial charge in [0.2, 0.25) is 5.95 Å². The van der Waals surface area contributed by atoms with E-state index in [2.05, 4.69) is 40.5 Å². The lowest BCUT2D eigenvalue weighted by atomic mass is 10.0. The Balaban J connectivity index is 1.75. The largest absolute Gasteiger partial charge is 0.481 e. The van der Waals surface area contributed by atoms with Crippen molar-refractivity contribution in [1.82, 2.24) is 15.3 Å². The first kappa shape index (κ1) is 17.7. The van der Waals surface area contributed by atoms with Gasteiger partial charge in [-0.1, -0.05) is 26.0 Å². The van der Waals surface area contributed by atoms with E-state index >= 15 is 0 Å². The molecule has 2 N–H and O–H groups in total. The molecule has 1 aromatic carbocycles. The van der Waals surface area contributed by atoms with E-state index in [1.807, 2.05) is 18.2 Å². The van der Waals surface area contributed by atoms with Gasteiger partial charge in [-0.25, -0.2) is 9.97 Å². The molecule has 0 saturated carbocycles. The van der Waals surface area contributed by atoms with Crippen LogP contribution < -0.4 is 15.4 Å². The van der Waals surface area contributed by atoms with E-state index in [1.165, 1.54) is 5.56 Å². The van der Waals surface area contributed by atoms with Gasteiger partial charge in [0.05, 0.1) is 0 Å². The third-order valence-corrected chi connectivity index (χ3v) is 3.48. The molecule has 0 fully saturated rings.